The minimum absolute atomic E-state index is 0.0942. The van der Waals surface area contributed by atoms with Crippen molar-refractivity contribution in [1.82, 2.24) is 19.8 Å². The van der Waals surface area contributed by atoms with E-state index in [0.717, 1.165) is 37.3 Å². The highest BCUT2D eigenvalue weighted by Gasteiger charge is 2.24. The number of benzene rings is 1. The number of imidazole rings is 1. The maximum atomic E-state index is 12.3. The van der Waals surface area contributed by atoms with Gasteiger partial charge in [-0.15, -0.1) is 0 Å². The van der Waals surface area contributed by atoms with Crippen molar-refractivity contribution in [1.29, 1.82) is 0 Å². The van der Waals surface area contributed by atoms with Crippen LogP contribution in [0.25, 0.3) is 11.0 Å². The molecular weight excluding hydrogens is 316 g/mol. The number of nitrogens with one attached hydrogen (secondary N) is 1. The maximum Gasteiger partial charge on any atom is 0.221 e. The highest BCUT2D eigenvalue weighted by Crippen LogP contribution is 2.13. The summed E-state index contributed by atoms with van der Waals surface area (Å²) < 4.78 is 7.47. The van der Waals surface area contributed by atoms with E-state index >= 15 is 0 Å². The van der Waals surface area contributed by atoms with E-state index in [1.165, 1.54) is 0 Å². The normalized spacial score (nSPS) is 17.1. The number of para-hydroxylation sites is 2. The molecule has 1 fully saturated rings. The van der Waals surface area contributed by atoms with Crippen molar-refractivity contribution in [2.45, 2.75) is 32.9 Å². The highest BCUT2D eigenvalue weighted by atomic mass is 16.5. The van der Waals surface area contributed by atoms with Gasteiger partial charge < -0.3 is 14.6 Å². The van der Waals surface area contributed by atoms with Crippen LogP contribution in [0.2, 0.25) is 0 Å². The number of rotatable bonds is 7. The summed E-state index contributed by atoms with van der Waals surface area (Å²) in [5.74, 6) is 0.590. The van der Waals surface area contributed by atoms with Gasteiger partial charge in [-0.05, 0) is 18.1 Å². The predicted octanol–water partition coefficient (Wildman–Crippen LogP) is 1.90. The number of morpholine rings is 1. The highest BCUT2D eigenvalue weighted by molar-refractivity contribution is 5.77. The number of hydrogen-bond acceptors (Lipinski definition) is 4. The van der Waals surface area contributed by atoms with Crippen molar-refractivity contribution in [3.8, 4) is 0 Å². The first-order valence-corrected chi connectivity index (χ1v) is 9.13. The molecule has 0 saturated carbocycles. The number of aryl methyl sites for hydroxylation is 1. The second-order valence-corrected chi connectivity index (χ2v) is 6.94. The molecule has 136 valence electrons. The van der Waals surface area contributed by atoms with Crippen LogP contribution in [-0.4, -0.2) is 59.2 Å². The minimum Gasteiger partial charge on any atom is -0.379 e. The summed E-state index contributed by atoms with van der Waals surface area (Å²) >= 11 is 0. The molecule has 1 atom stereocenters. The molecule has 1 aliphatic rings. The zero-order chi connectivity index (χ0) is 17.6. The van der Waals surface area contributed by atoms with E-state index in [9.17, 15) is 4.79 Å². The number of hydrogen-bond donors (Lipinski definition) is 1. The van der Waals surface area contributed by atoms with E-state index in [1.54, 1.807) is 0 Å². The van der Waals surface area contributed by atoms with Gasteiger partial charge in [-0.1, -0.05) is 26.0 Å². The van der Waals surface area contributed by atoms with Gasteiger partial charge in [-0.3, -0.25) is 9.69 Å². The van der Waals surface area contributed by atoms with Crippen LogP contribution in [0, 0.1) is 5.92 Å². The van der Waals surface area contributed by atoms with Gasteiger partial charge in [-0.2, -0.15) is 0 Å². The summed E-state index contributed by atoms with van der Waals surface area (Å²) in [5, 5.41) is 3.12. The molecule has 1 amide bonds. The maximum absolute atomic E-state index is 12.3. The Kier molecular flexibility index (Phi) is 6.04. The van der Waals surface area contributed by atoms with E-state index in [4.69, 9.17) is 4.74 Å². The van der Waals surface area contributed by atoms with Crippen LogP contribution in [0.3, 0.4) is 0 Å². The molecule has 0 aliphatic carbocycles. The molecule has 1 N–H and O–H groups in total. The molecule has 0 radical (unpaired) electrons. The van der Waals surface area contributed by atoms with Crippen LogP contribution in [0.15, 0.2) is 30.6 Å². The van der Waals surface area contributed by atoms with Crippen molar-refractivity contribution >= 4 is 16.9 Å². The number of ether oxygens (including phenoxy) is 1. The summed E-state index contributed by atoms with van der Waals surface area (Å²) in [6, 6.07) is 8.36. The SMILES string of the molecule is CC(C)C(CNC(=O)CCn1cnc2ccccc21)N1CCOCC1. The van der Waals surface area contributed by atoms with E-state index in [0.29, 0.717) is 31.5 Å². The molecule has 0 spiro atoms. The Morgan fingerprint density at radius 3 is 2.80 bits per heavy atom. The molecule has 1 saturated heterocycles. The Morgan fingerprint density at radius 1 is 1.28 bits per heavy atom. The lowest BCUT2D eigenvalue weighted by Gasteiger charge is -2.36. The van der Waals surface area contributed by atoms with Gasteiger partial charge in [0, 0.05) is 38.6 Å². The van der Waals surface area contributed by atoms with Gasteiger partial charge in [0.1, 0.15) is 0 Å². The Labute approximate surface area is 149 Å². The van der Waals surface area contributed by atoms with Gasteiger partial charge >= 0.3 is 0 Å². The van der Waals surface area contributed by atoms with Crippen LogP contribution in [-0.2, 0) is 16.1 Å². The predicted molar refractivity (Wildman–Crippen MR) is 98.4 cm³/mol. The molecule has 1 unspecified atom stereocenters. The first-order chi connectivity index (χ1) is 12.1. The molecule has 25 heavy (non-hydrogen) atoms. The van der Waals surface area contributed by atoms with Gasteiger partial charge in [0.05, 0.1) is 30.6 Å². The average Bonchev–Trinajstić information content (AvgIpc) is 3.04. The van der Waals surface area contributed by atoms with E-state index < -0.39 is 0 Å². The quantitative estimate of drug-likeness (QED) is 0.833. The molecule has 1 aromatic heterocycles. The van der Waals surface area contributed by atoms with Crippen molar-refractivity contribution in [3.63, 3.8) is 0 Å². The lowest BCUT2D eigenvalue weighted by molar-refractivity contribution is -0.121. The van der Waals surface area contributed by atoms with Crippen molar-refractivity contribution in [3.05, 3.63) is 30.6 Å². The van der Waals surface area contributed by atoms with Crippen molar-refractivity contribution in [2.24, 2.45) is 5.92 Å². The van der Waals surface area contributed by atoms with E-state index in [1.807, 2.05) is 35.2 Å². The third kappa shape index (κ3) is 4.58. The minimum atomic E-state index is 0.0942. The molecule has 2 heterocycles. The topological polar surface area (TPSA) is 59.4 Å². The number of fused-ring (bicyclic) bond motifs is 1. The number of carbonyl (C=O) groups is 1. The third-order valence-corrected chi connectivity index (χ3v) is 4.90. The van der Waals surface area contributed by atoms with Crippen LogP contribution in [0.1, 0.15) is 20.3 Å². The first-order valence-electron chi connectivity index (χ1n) is 9.13. The number of aromatic nitrogens is 2. The fourth-order valence-electron chi connectivity index (χ4n) is 3.41. The average molecular weight is 344 g/mol. The summed E-state index contributed by atoms with van der Waals surface area (Å²) in [6.45, 7) is 9.22. The smallest absolute Gasteiger partial charge is 0.221 e. The Bertz CT molecular complexity index is 692. The van der Waals surface area contributed by atoms with Gasteiger partial charge in [0.25, 0.3) is 0 Å². The summed E-state index contributed by atoms with van der Waals surface area (Å²) in [5.41, 5.74) is 2.04. The zero-order valence-electron chi connectivity index (χ0n) is 15.1. The standard InChI is InChI=1S/C19H28N4O2/c1-15(2)18(22-9-11-25-12-10-22)13-20-19(24)7-8-23-14-21-16-5-3-4-6-17(16)23/h3-6,14-15,18H,7-13H2,1-2H3,(H,20,24). The third-order valence-electron chi connectivity index (χ3n) is 4.90. The summed E-state index contributed by atoms with van der Waals surface area (Å²) in [4.78, 5) is 19.1. The number of amides is 1. The Hall–Kier alpha value is -1.92. The Balaban J connectivity index is 1.49. The molecule has 1 aromatic carbocycles. The second kappa shape index (κ2) is 8.45. The Morgan fingerprint density at radius 2 is 2.04 bits per heavy atom. The fourth-order valence-corrected chi connectivity index (χ4v) is 3.41. The van der Waals surface area contributed by atoms with Crippen molar-refractivity contribution < 1.29 is 9.53 Å². The molecule has 3 rings (SSSR count). The molecular formula is C19H28N4O2. The number of carbonyl (C=O) groups excluding carboxylic acids is 1. The lowest BCUT2D eigenvalue weighted by atomic mass is 10.0. The fraction of sp³-hybridized carbons (Fsp3) is 0.579. The largest absolute Gasteiger partial charge is 0.379 e. The van der Waals surface area contributed by atoms with Gasteiger partial charge in [0.15, 0.2) is 0 Å². The van der Waals surface area contributed by atoms with E-state index in [2.05, 4.69) is 29.0 Å². The molecule has 6 nitrogen and oxygen atoms in total. The van der Waals surface area contributed by atoms with Crippen LogP contribution in [0.5, 0.6) is 0 Å². The van der Waals surface area contributed by atoms with Gasteiger partial charge in [-0.25, -0.2) is 4.98 Å². The van der Waals surface area contributed by atoms with Crippen molar-refractivity contribution in [2.75, 3.05) is 32.8 Å². The van der Waals surface area contributed by atoms with E-state index in [-0.39, 0.29) is 5.91 Å². The molecule has 0 bridgehead atoms. The second-order valence-electron chi connectivity index (χ2n) is 6.94. The van der Waals surface area contributed by atoms with Crippen LogP contribution in [0.4, 0.5) is 0 Å². The van der Waals surface area contributed by atoms with Crippen LogP contribution >= 0.6 is 0 Å². The monoisotopic (exact) mass is 344 g/mol. The summed E-state index contributed by atoms with van der Waals surface area (Å²) in [7, 11) is 0. The van der Waals surface area contributed by atoms with Crippen LogP contribution < -0.4 is 5.32 Å². The van der Waals surface area contributed by atoms with Gasteiger partial charge in [0.2, 0.25) is 5.91 Å². The lowest BCUT2D eigenvalue weighted by Crippen LogP contribution is -2.51. The summed E-state index contributed by atoms with van der Waals surface area (Å²) in [6.07, 6.45) is 2.27. The molecule has 6 heteroatoms. The molecule has 1 aliphatic heterocycles. The first kappa shape index (κ1) is 17.9. The number of nitrogens with zero attached hydrogens (tertiary/aromatic N) is 3. The molecule has 2 aromatic rings. The zero-order valence-corrected chi connectivity index (χ0v) is 15.1.